The van der Waals surface area contributed by atoms with Gasteiger partial charge >= 0.3 is 13.1 Å². The van der Waals surface area contributed by atoms with E-state index in [0.717, 1.165) is 37.7 Å². The molecule has 2 amide bonds. The minimum atomic E-state index is -0.417. The van der Waals surface area contributed by atoms with E-state index in [4.69, 9.17) is 30.1 Å². The van der Waals surface area contributed by atoms with E-state index in [1.165, 1.54) is 12.0 Å². The van der Waals surface area contributed by atoms with Crippen molar-refractivity contribution in [3.8, 4) is 0 Å². The Hall–Kier alpha value is -4.56. The van der Waals surface area contributed by atoms with Gasteiger partial charge in [0.15, 0.2) is 5.76 Å². The molecule has 0 bridgehead atoms. The summed E-state index contributed by atoms with van der Waals surface area (Å²) in [4.78, 5) is 50.2. The Morgan fingerprint density at radius 2 is 1.61 bits per heavy atom. The van der Waals surface area contributed by atoms with Crippen molar-refractivity contribution in [2.45, 2.75) is 78.7 Å². The highest BCUT2D eigenvalue weighted by Crippen LogP contribution is 2.36. The van der Waals surface area contributed by atoms with E-state index >= 15 is 0 Å². The zero-order chi connectivity index (χ0) is 41.1. The second-order valence-corrected chi connectivity index (χ2v) is 16.2. The van der Waals surface area contributed by atoms with Crippen LogP contribution < -0.4 is 5.46 Å². The molecular weight excluding hydrogens is 799 g/mol. The lowest BCUT2D eigenvalue weighted by Gasteiger charge is -2.32. The third-order valence-electron chi connectivity index (χ3n) is 10.2. The van der Waals surface area contributed by atoms with E-state index in [-0.39, 0.29) is 53.8 Å². The fourth-order valence-electron chi connectivity index (χ4n) is 6.06. The molecule has 0 N–H and O–H groups in total. The first-order chi connectivity index (χ1) is 26.3. The Morgan fingerprint density at radius 1 is 0.929 bits per heavy atom. The van der Waals surface area contributed by atoms with Gasteiger partial charge in [-0.2, -0.15) is 0 Å². The van der Waals surface area contributed by atoms with Crippen molar-refractivity contribution in [2.75, 3.05) is 21.2 Å². The van der Waals surface area contributed by atoms with Crippen LogP contribution in [0.1, 0.15) is 89.7 Å². The van der Waals surface area contributed by atoms with Crippen LogP contribution in [0.2, 0.25) is 5.02 Å². The number of nitrogens with zero attached hydrogens (tertiary/aromatic N) is 4. The summed E-state index contributed by atoms with van der Waals surface area (Å²) in [5.41, 5.74) is 4.51. The minimum absolute atomic E-state index is 0.128. The second-order valence-electron chi connectivity index (χ2n) is 14.9. The van der Waals surface area contributed by atoms with Gasteiger partial charge in [-0.05, 0) is 105 Å². The summed E-state index contributed by atoms with van der Waals surface area (Å²) >= 11 is 9.81. The van der Waals surface area contributed by atoms with Gasteiger partial charge in [-0.1, -0.05) is 54.1 Å². The number of ether oxygens (including phenoxy) is 1. The number of aromatic nitrogens is 2. The number of benzene rings is 2. The number of hydrogen-bond acceptors (Lipinski definition) is 9. The molecule has 0 radical (unpaired) electrons. The van der Waals surface area contributed by atoms with Crippen LogP contribution in [0.5, 0.6) is 0 Å². The molecule has 5 aromatic rings. The first-order valence-corrected chi connectivity index (χ1v) is 19.3. The van der Waals surface area contributed by atoms with Crippen LogP contribution in [0.3, 0.4) is 0 Å². The number of hydrogen-bond donors (Lipinski definition) is 0. The standard InChI is InChI=1S/C26H24BrClN4O3.C16H23BO4/c1-15-16(2)30-21-8-6-5-7-19(21)24(15)26(34)32(14-22-20(28)11-17(27)12-29-22)13-18-9-10-23(35-18)25(33)31(3)4;1-11(14(18)19-6)12-8-7-9-13(10-12)17-20-15(2,3)16(4,5)21-17/h5-12H,13-14H2,1-4H3;7-11H,1-6H3. The van der Waals surface area contributed by atoms with Crippen molar-refractivity contribution in [2.24, 2.45) is 0 Å². The number of carbonyl (C=O) groups excluding carboxylic acids is 3. The Morgan fingerprint density at radius 3 is 2.25 bits per heavy atom. The molecule has 1 aliphatic heterocycles. The van der Waals surface area contributed by atoms with E-state index in [1.54, 1.807) is 43.4 Å². The summed E-state index contributed by atoms with van der Waals surface area (Å²) in [5.74, 6) is -0.332. The van der Waals surface area contributed by atoms with Crippen LogP contribution in [0.25, 0.3) is 10.9 Å². The third-order valence-corrected chi connectivity index (χ3v) is 11.0. The molecule has 0 saturated carbocycles. The molecule has 1 unspecified atom stereocenters. The summed E-state index contributed by atoms with van der Waals surface area (Å²) in [5, 5.41) is 1.20. The summed E-state index contributed by atoms with van der Waals surface area (Å²) in [7, 11) is 4.29. The lowest BCUT2D eigenvalue weighted by Crippen LogP contribution is -2.41. The van der Waals surface area contributed by atoms with Crippen molar-refractivity contribution in [3.63, 3.8) is 0 Å². The highest BCUT2D eigenvalue weighted by atomic mass is 79.9. The number of esters is 1. The number of pyridine rings is 2. The zero-order valence-electron chi connectivity index (χ0n) is 33.4. The zero-order valence-corrected chi connectivity index (χ0v) is 35.7. The number of halogens is 2. The molecule has 14 heteroatoms. The summed E-state index contributed by atoms with van der Waals surface area (Å²) < 4.78 is 23.4. The Balaban J connectivity index is 0.000000244. The number of methoxy groups -OCH3 is 1. The molecule has 56 heavy (non-hydrogen) atoms. The summed E-state index contributed by atoms with van der Waals surface area (Å²) in [6.07, 6.45) is 1.64. The van der Waals surface area contributed by atoms with E-state index in [2.05, 4.69) is 25.9 Å². The SMILES string of the molecule is COC(=O)C(C)c1cccc(B2OC(C)(C)C(C)(C)O2)c1.Cc1nc2ccccc2c(C(=O)N(Cc2ccc(C(=O)N(C)C)o2)Cc2ncc(Br)cc2Cl)c1C. The maximum absolute atomic E-state index is 14.1. The highest BCUT2D eigenvalue weighted by molar-refractivity contribution is 9.10. The molecule has 2 aromatic carbocycles. The molecule has 1 fully saturated rings. The van der Waals surface area contributed by atoms with Crippen molar-refractivity contribution in [3.05, 3.63) is 122 Å². The van der Waals surface area contributed by atoms with Crippen molar-refractivity contribution in [1.82, 2.24) is 19.8 Å². The van der Waals surface area contributed by atoms with Crippen molar-refractivity contribution >= 4 is 68.8 Å². The van der Waals surface area contributed by atoms with Crippen LogP contribution in [-0.2, 0) is 31.9 Å². The number of aryl methyl sites for hydroxylation is 1. The van der Waals surface area contributed by atoms with E-state index < -0.39 is 7.12 Å². The smallest absolute Gasteiger partial charge is 0.469 e. The number of fused-ring (bicyclic) bond motifs is 1. The van der Waals surface area contributed by atoms with Gasteiger partial charge in [-0.15, -0.1) is 0 Å². The lowest BCUT2D eigenvalue weighted by atomic mass is 9.77. The van der Waals surface area contributed by atoms with Crippen LogP contribution in [0.15, 0.2) is 81.8 Å². The van der Waals surface area contributed by atoms with E-state index in [9.17, 15) is 14.4 Å². The molecule has 4 heterocycles. The molecule has 0 spiro atoms. The number of rotatable bonds is 9. The Kier molecular flexibility index (Phi) is 13.2. The molecule has 11 nitrogen and oxygen atoms in total. The van der Waals surface area contributed by atoms with Gasteiger partial charge in [0.05, 0.1) is 59.1 Å². The molecule has 6 rings (SSSR count). The number of amides is 2. The van der Waals surface area contributed by atoms with Gasteiger partial charge in [-0.25, -0.2) is 0 Å². The molecule has 1 atom stereocenters. The normalized spacial score (nSPS) is 14.8. The lowest BCUT2D eigenvalue weighted by molar-refractivity contribution is -0.142. The number of para-hydroxylation sites is 1. The topological polar surface area (TPSA) is 124 Å². The van der Waals surface area contributed by atoms with Crippen LogP contribution in [-0.4, -0.2) is 77.1 Å². The third kappa shape index (κ3) is 9.34. The number of furan rings is 1. The van der Waals surface area contributed by atoms with Crippen molar-refractivity contribution < 1.29 is 32.8 Å². The summed E-state index contributed by atoms with van der Waals surface area (Å²) in [6, 6.07) is 20.4. The fraction of sp³-hybridized carbons (Fsp3) is 0.357. The Labute approximate surface area is 341 Å². The molecule has 1 saturated heterocycles. The van der Waals surface area contributed by atoms with Gasteiger partial charge in [-0.3, -0.25) is 24.4 Å². The van der Waals surface area contributed by atoms with E-state index in [1.807, 2.05) is 97.0 Å². The second kappa shape index (κ2) is 17.3. The maximum atomic E-state index is 14.1. The first-order valence-electron chi connectivity index (χ1n) is 18.1. The van der Waals surface area contributed by atoms with E-state index in [0.29, 0.717) is 22.0 Å². The molecule has 0 aliphatic carbocycles. The van der Waals surface area contributed by atoms with Crippen LogP contribution >= 0.6 is 27.5 Å². The Bertz CT molecular complexity index is 2240. The average Bonchev–Trinajstić information content (AvgIpc) is 3.71. The first kappa shape index (κ1) is 42.6. The predicted molar refractivity (Wildman–Crippen MR) is 221 cm³/mol. The average molecular weight is 846 g/mol. The van der Waals surface area contributed by atoms with Gasteiger partial charge in [0.2, 0.25) is 0 Å². The monoisotopic (exact) mass is 844 g/mol. The van der Waals surface area contributed by atoms with Gasteiger partial charge in [0.25, 0.3) is 11.8 Å². The van der Waals surface area contributed by atoms with Gasteiger partial charge in [0, 0.05) is 35.8 Å². The van der Waals surface area contributed by atoms with Crippen LogP contribution in [0.4, 0.5) is 0 Å². The maximum Gasteiger partial charge on any atom is 0.494 e. The molecule has 294 valence electrons. The van der Waals surface area contributed by atoms with Gasteiger partial charge in [0.1, 0.15) is 5.76 Å². The molecule has 3 aromatic heterocycles. The molecule has 1 aliphatic rings. The van der Waals surface area contributed by atoms with Crippen LogP contribution in [0, 0.1) is 13.8 Å². The quantitative estimate of drug-likeness (QED) is 0.107. The minimum Gasteiger partial charge on any atom is -0.469 e. The molecular formula is C42H47BBrClN4O7. The van der Waals surface area contributed by atoms with Gasteiger partial charge < -0.3 is 28.3 Å². The largest absolute Gasteiger partial charge is 0.494 e. The van der Waals surface area contributed by atoms with Crippen molar-refractivity contribution in [1.29, 1.82) is 0 Å². The fourth-order valence-corrected chi connectivity index (χ4v) is 6.75. The summed E-state index contributed by atoms with van der Waals surface area (Å²) in [6.45, 7) is 14.0. The highest BCUT2D eigenvalue weighted by Gasteiger charge is 2.51. The predicted octanol–water partition coefficient (Wildman–Crippen LogP) is 8.06. The number of carbonyl (C=O) groups is 3.